The molecule has 0 bridgehead atoms. The number of carbonyl (C=O) groups excluding carboxylic acids is 1. The summed E-state index contributed by atoms with van der Waals surface area (Å²) >= 11 is 10.6. The molecule has 0 radical (unpaired) electrons. The van der Waals surface area contributed by atoms with Crippen LogP contribution in [0.3, 0.4) is 0 Å². The zero-order chi connectivity index (χ0) is 12.4. The van der Waals surface area contributed by atoms with E-state index in [2.05, 4.69) is 15.9 Å². The SMILES string of the molecule is CCc1ccccc1C(=O)c1cc(Cl)c(Br)s1. The predicted molar refractivity (Wildman–Crippen MR) is 76.3 cm³/mol. The van der Waals surface area contributed by atoms with Crippen LogP contribution in [0.1, 0.15) is 27.7 Å². The number of thiophene rings is 1. The Bertz CT molecular complexity index is 543. The summed E-state index contributed by atoms with van der Waals surface area (Å²) in [7, 11) is 0. The largest absolute Gasteiger partial charge is 0.288 e. The molecular weight excluding hydrogens is 320 g/mol. The van der Waals surface area contributed by atoms with E-state index in [0.717, 1.165) is 21.3 Å². The second kappa shape index (κ2) is 5.34. The third kappa shape index (κ3) is 2.62. The van der Waals surface area contributed by atoms with E-state index in [-0.39, 0.29) is 5.78 Å². The van der Waals surface area contributed by atoms with Crippen LogP contribution >= 0.6 is 38.9 Å². The second-order valence-electron chi connectivity index (χ2n) is 3.57. The Kier molecular flexibility index (Phi) is 4.02. The molecule has 1 heterocycles. The van der Waals surface area contributed by atoms with E-state index in [1.807, 2.05) is 31.2 Å². The van der Waals surface area contributed by atoms with E-state index in [1.165, 1.54) is 11.3 Å². The van der Waals surface area contributed by atoms with Gasteiger partial charge in [-0.25, -0.2) is 0 Å². The first-order valence-electron chi connectivity index (χ1n) is 5.21. The van der Waals surface area contributed by atoms with Gasteiger partial charge in [-0.1, -0.05) is 42.8 Å². The highest BCUT2D eigenvalue weighted by molar-refractivity contribution is 9.11. The van der Waals surface area contributed by atoms with Crippen LogP contribution in [-0.2, 0) is 6.42 Å². The maximum atomic E-state index is 12.3. The lowest BCUT2D eigenvalue weighted by molar-refractivity contribution is 0.104. The van der Waals surface area contributed by atoms with E-state index in [4.69, 9.17) is 11.6 Å². The highest BCUT2D eigenvalue weighted by atomic mass is 79.9. The Morgan fingerprint density at radius 3 is 2.71 bits per heavy atom. The minimum atomic E-state index is 0.0417. The summed E-state index contributed by atoms with van der Waals surface area (Å²) in [6, 6.07) is 9.40. The molecule has 1 nitrogen and oxygen atoms in total. The summed E-state index contributed by atoms with van der Waals surface area (Å²) in [6.07, 6.45) is 0.849. The molecule has 0 saturated carbocycles. The number of rotatable bonds is 3. The van der Waals surface area contributed by atoms with Crippen molar-refractivity contribution in [3.8, 4) is 0 Å². The van der Waals surface area contributed by atoms with Crippen molar-refractivity contribution >= 4 is 44.7 Å². The van der Waals surface area contributed by atoms with Gasteiger partial charge < -0.3 is 0 Å². The molecule has 1 aromatic heterocycles. The van der Waals surface area contributed by atoms with Crippen molar-refractivity contribution in [3.05, 3.63) is 55.1 Å². The van der Waals surface area contributed by atoms with E-state index in [9.17, 15) is 4.79 Å². The lowest BCUT2D eigenvalue weighted by Gasteiger charge is -2.04. The van der Waals surface area contributed by atoms with Gasteiger partial charge in [0.05, 0.1) is 13.7 Å². The molecule has 0 aliphatic rings. The van der Waals surface area contributed by atoms with Crippen LogP contribution < -0.4 is 0 Å². The fourth-order valence-corrected chi connectivity index (χ4v) is 3.30. The topological polar surface area (TPSA) is 17.1 Å². The van der Waals surface area contributed by atoms with Crippen molar-refractivity contribution in [3.63, 3.8) is 0 Å². The Labute approximate surface area is 118 Å². The van der Waals surface area contributed by atoms with Crippen molar-refractivity contribution in [1.29, 1.82) is 0 Å². The van der Waals surface area contributed by atoms with Gasteiger partial charge in [0.1, 0.15) is 0 Å². The van der Waals surface area contributed by atoms with Gasteiger partial charge in [0, 0.05) is 5.56 Å². The predicted octanol–water partition coefficient (Wildman–Crippen LogP) is 4.96. The molecule has 0 atom stereocenters. The van der Waals surface area contributed by atoms with Crippen LogP contribution in [0.15, 0.2) is 34.1 Å². The van der Waals surface area contributed by atoms with E-state index in [0.29, 0.717) is 9.90 Å². The Morgan fingerprint density at radius 2 is 2.12 bits per heavy atom. The van der Waals surface area contributed by atoms with Crippen molar-refractivity contribution in [2.45, 2.75) is 13.3 Å². The normalized spacial score (nSPS) is 10.5. The molecule has 2 aromatic rings. The van der Waals surface area contributed by atoms with Gasteiger partial charge in [0.2, 0.25) is 5.78 Å². The third-order valence-electron chi connectivity index (χ3n) is 2.51. The van der Waals surface area contributed by atoms with Gasteiger partial charge in [-0.3, -0.25) is 4.79 Å². The van der Waals surface area contributed by atoms with Crippen LogP contribution in [-0.4, -0.2) is 5.78 Å². The van der Waals surface area contributed by atoms with Crippen molar-refractivity contribution < 1.29 is 4.79 Å². The van der Waals surface area contributed by atoms with Gasteiger partial charge in [-0.05, 0) is 34.0 Å². The third-order valence-corrected chi connectivity index (χ3v) is 4.99. The molecule has 0 unspecified atom stereocenters. The van der Waals surface area contributed by atoms with Crippen LogP contribution in [0.25, 0.3) is 0 Å². The maximum absolute atomic E-state index is 12.3. The molecule has 0 spiro atoms. The highest BCUT2D eigenvalue weighted by Gasteiger charge is 2.16. The average molecular weight is 330 g/mol. The summed E-state index contributed by atoms with van der Waals surface area (Å²) in [4.78, 5) is 13.0. The molecule has 0 fully saturated rings. The van der Waals surface area contributed by atoms with Crippen LogP contribution in [0.5, 0.6) is 0 Å². The van der Waals surface area contributed by atoms with Crippen LogP contribution in [0, 0.1) is 0 Å². The zero-order valence-corrected chi connectivity index (χ0v) is 12.3. The minimum absolute atomic E-state index is 0.0417. The number of benzene rings is 1. The first-order chi connectivity index (χ1) is 8.13. The van der Waals surface area contributed by atoms with Gasteiger partial charge in [-0.2, -0.15) is 0 Å². The standard InChI is InChI=1S/C13H10BrClOS/c1-2-8-5-3-4-6-9(8)12(16)11-7-10(15)13(14)17-11/h3-7H,2H2,1H3. The number of aryl methyl sites for hydroxylation is 1. The molecule has 0 aliphatic carbocycles. The molecular formula is C13H10BrClOS. The van der Waals surface area contributed by atoms with E-state index >= 15 is 0 Å². The van der Waals surface area contributed by atoms with E-state index in [1.54, 1.807) is 6.07 Å². The lowest BCUT2D eigenvalue weighted by atomic mass is 10.0. The van der Waals surface area contributed by atoms with E-state index < -0.39 is 0 Å². The molecule has 88 valence electrons. The monoisotopic (exact) mass is 328 g/mol. The summed E-state index contributed by atoms with van der Waals surface area (Å²) in [5.74, 6) is 0.0417. The number of halogens is 2. The molecule has 1 aromatic carbocycles. The second-order valence-corrected chi connectivity index (χ2v) is 6.35. The molecule has 0 saturated heterocycles. The minimum Gasteiger partial charge on any atom is -0.288 e. The lowest BCUT2D eigenvalue weighted by Crippen LogP contribution is -2.02. The smallest absolute Gasteiger partial charge is 0.203 e. The fraction of sp³-hybridized carbons (Fsp3) is 0.154. The number of hydrogen-bond donors (Lipinski definition) is 0. The first-order valence-corrected chi connectivity index (χ1v) is 7.19. The fourth-order valence-electron chi connectivity index (χ4n) is 1.64. The van der Waals surface area contributed by atoms with Gasteiger partial charge in [0.25, 0.3) is 0 Å². The first kappa shape index (κ1) is 12.8. The summed E-state index contributed by atoms with van der Waals surface area (Å²) in [5.41, 5.74) is 1.83. The van der Waals surface area contributed by atoms with Crippen LogP contribution in [0.2, 0.25) is 5.02 Å². The van der Waals surface area contributed by atoms with Crippen molar-refractivity contribution in [2.75, 3.05) is 0 Å². The van der Waals surface area contributed by atoms with Gasteiger partial charge in [-0.15, -0.1) is 11.3 Å². The molecule has 4 heteroatoms. The van der Waals surface area contributed by atoms with Crippen molar-refractivity contribution in [2.24, 2.45) is 0 Å². The zero-order valence-electron chi connectivity index (χ0n) is 9.17. The quantitative estimate of drug-likeness (QED) is 0.728. The molecule has 0 amide bonds. The van der Waals surface area contributed by atoms with Crippen molar-refractivity contribution in [1.82, 2.24) is 0 Å². The molecule has 2 rings (SSSR count). The van der Waals surface area contributed by atoms with Crippen LogP contribution in [0.4, 0.5) is 0 Å². The number of ketones is 1. The summed E-state index contributed by atoms with van der Waals surface area (Å²) < 4.78 is 0.802. The Balaban J connectivity index is 2.43. The maximum Gasteiger partial charge on any atom is 0.203 e. The summed E-state index contributed by atoms with van der Waals surface area (Å²) in [5, 5.41) is 0.590. The molecule has 0 aliphatic heterocycles. The van der Waals surface area contributed by atoms with Gasteiger partial charge >= 0.3 is 0 Å². The molecule has 17 heavy (non-hydrogen) atoms. The Morgan fingerprint density at radius 1 is 1.41 bits per heavy atom. The molecule has 0 N–H and O–H groups in total. The summed E-state index contributed by atoms with van der Waals surface area (Å²) in [6.45, 7) is 2.05. The average Bonchev–Trinajstić information content (AvgIpc) is 2.68. The number of carbonyl (C=O) groups is 1. The van der Waals surface area contributed by atoms with Gasteiger partial charge in [0.15, 0.2) is 0 Å². The highest BCUT2D eigenvalue weighted by Crippen LogP contribution is 2.33. The Hall–Kier alpha value is -0.640. The number of hydrogen-bond acceptors (Lipinski definition) is 2.